The lowest BCUT2D eigenvalue weighted by atomic mass is 10.8. The number of carbonyl (C=O) groups is 1. The first-order chi connectivity index (χ1) is 3.65. The Bertz CT molecular complexity index is 82.0. The molecule has 0 rings (SSSR count). The molecule has 0 aromatic heterocycles. The van der Waals surface area contributed by atoms with Gasteiger partial charge in [0.25, 0.3) is 0 Å². The second kappa shape index (κ2) is 9.44. The van der Waals surface area contributed by atoms with Crippen molar-refractivity contribution in [1.29, 1.82) is 0 Å². The first-order valence-corrected chi connectivity index (χ1v) is 2.17. The van der Waals surface area contributed by atoms with Crippen LogP contribution in [0.4, 0.5) is 0 Å². The summed E-state index contributed by atoms with van der Waals surface area (Å²) in [5, 5.41) is 0.000000000000000222. The van der Waals surface area contributed by atoms with Gasteiger partial charge in [-0.15, -0.1) is 0 Å². The van der Waals surface area contributed by atoms with Gasteiger partial charge in [-0.1, -0.05) is 6.58 Å². The van der Waals surface area contributed by atoms with Crippen molar-refractivity contribution in [1.82, 2.24) is 0 Å². The second-order valence-corrected chi connectivity index (χ2v) is 1.25. The van der Waals surface area contributed by atoms with Crippen molar-refractivity contribution >= 4 is 23.6 Å². The smallest absolute Gasteiger partial charge is 0.160 e. The van der Waals surface area contributed by atoms with E-state index < -0.39 is 0 Å². The molecular weight excluding hydrogens is 124 g/mol. The van der Waals surface area contributed by atoms with E-state index >= 15 is 0 Å². The van der Waals surface area contributed by atoms with Gasteiger partial charge in [0.1, 0.15) is 6.29 Å². The summed E-state index contributed by atoms with van der Waals surface area (Å²) in [5.74, 6) is 0. The topological polar surface area (TPSA) is 69.1 Å². The minimum absolute atomic E-state index is 0.000000000000000222. The maximum absolute atomic E-state index is 9.06. The van der Waals surface area contributed by atoms with Crippen LogP contribution in [0.3, 0.4) is 0 Å². The van der Waals surface area contributed by atoms with E-state index in [1.807, 2.05) is 0 Å². The fraction of sp³-hybridized carbons (Fsp3) is 0. The Labute approximate surface area is 53.4 Å². The molecule has 8 heavy (non-hydrogen) atoms. The average Bonchev–Trinajstić information content (AvgIpc) is 1.65. The molecule has 0 amide bonds. The van der Waals surface area contributed by atoms with Gasteiger partial charge in [0, 0.05) is 0 Å². The van der Waals surface area contributed by atoms with Crippen molar-refractivity contribution < 1.29 is 4.79 Å². The summed E-state index contributed by atoms with van der Waals surface area (Å²) in [6, 6.07) is 0. The van der Waals surface area contributed by atoms with Gasteiger partial charge >= 0.3 is 0 Å². The molecule has 4 N–H and O–H groups in total. The predicted molar refractivity (Wildman–Crippen MR) is 37.2 cm³/mol. The Morgan fingerprint density at radius 2 is 1.75 bits per heavy atom. The maximum Gasteiger partial charge on any atom is 0.160 e. The van der Waals surface area contributed by atoms with Gasteiger partial charge in [0.15, 0.2) is 5.11 Å². The average molecular weight is 132 g/mol. The Morgan fingerprint density at radius 3 is 1.75 bits per heavy atom. The Balaban J connectivity index is 0. The van der Waals surface area contributed by atoms with Crippen LogP contribution in [-0.4, -0.2) is 11.4 Å². The summed E-state index contributed by atoms with van der Waals surface area (Å²) < 4.78 is 0. The Kier molecular flexibility index (Phi) is 12.0. The number of thiocarbonyl (C=S) groups is 1. The summed E-state index contributed by atoms with van der Waals surface area (Å²) in [7, 11) is 0. The minimum Gasteiger partial charge on any atom is -0.377 e. The number of hydrogen-bond donors (Lipinski definition) is 2. The van der Waals surface area contributed by atoms with Crippen LogP contribution in [0.2, 0.25) is 0 Å². The lowest BCUT2D eigenvalue weighted by molar-refractivity contribution is -0.104. The van der Waals surface area contributed by atoms with Crippen molar-refractivity contribution in [3.63, 3.8) is 0 Å². The number of rotatable bonds is 1. The SMILES string of the molecule is C=CC=O.NC(N)=S. The highest BCUT2D eigenvalue weighted by Gasteiger charge is 1.53. The predicted octanol–water partition coefficient (Wildman–Crippen LogP) is -0.440. The third-order valence-electron chi connectivity index (χ3n) is 0.0962. The normalized spacial score (nSPS) is 5.50. The molecule has 0 saturated heterocycles. The molecule has 0 aliphatic carbocycles. The molecule has 4 heteroatoms. The van der Waals surface area contributed by atoms with Crippen molar-refractivity contribution in [2.75, 3.05) is 0 Å². The molecule has 0 aromatic rings. The van der Waals surface area contributed by atoms with Crippen LogP contribution in [-0.2, 0) is 4.79 Å². The van der Waals surface area contributed by atoms with Gasteiger partial charge in [-0.05, 0) is 18.3 Å². The Hall–Kier alpha value is -0.900. The van der Waals surface area contributed by atoms with E-state index in [1.165, 1.54) is 6.08 Å². The van der Waals surface area contributed by atoms with E-state index in [4.69, 9.17) is 4.79 Å². The maximum atomic E-state index is 9.06. The fourth-order valence-electron chi connectivity index (χ4n) is 0. The highest BCUT2D eigenvalue weighted by molar-refractivity contribution is 7.80. The molecule has 0 aliphatic heterocycles. The van der Waals surface area contributed by atoms with Crippen LogP contribution < -0.4 is 11.5 Å². The zero-order chi connectivity index (χ0) is 6.99. The largest absolute Gasteiger partial charge is 0.377 e. The Morgan fingerprint density at radius 1 is 1.62 bits per heavy atom. The third kappa shape index (κ3) is 8570. The van der Waals surface area contributed by atoms with Crippen molar-refractivity contribution in [2.24, 2.45) is 11.5 Å². The number of nitrogens with two attached hydrogens (primary N) is 2. The number of carbonyl (C=O) groups excluding carboxylic acids is 1. The monoisotopic (exact) mass is 132 g/mol. The van der Waals surface area contributed by atoms with E-state index in [0.717, 1.165) is 0 Å². The van der Waals surface area contributed by atoms with E-state index in [1.54, 1.807) is 0 Å². The molecule has 0 saturated carbocycles. The highest BCUT2D eigenvalue weighted by Crippen LogP contribution is 1.35. The molecule has 0 unspecified atom stereocenters. The molecule has 0 aliphatic rings. The lowest BCUT2D eigenvalue weighted by Crippen LogP contribution is -2.18. The van der Waals surface area contributed by atoms with Crippen LogP contribution in [0.15, 0.2) is 12.7 Å². The van der Waals surface area contributed by atoms with Gasteiger partial charge in [-0.25, -0.2) is 0 Å². The van der Waals surface area contributed by atoms with Crippen LogP contribution >= 0.6 is 12.2 Å². The summed E-state index contributed by atoms with van der Waals surface area (Å²) in [5.41, 5.74) is 9.24. The van der Waals surface area contributed by atoms with Crippen molar-refractivity contribution in [3.8, 4) is 0 Å². The second-order valence-electron chi connectivity index (χ2n) is 0.774. The van der Waals surface area contributed by atoms with Crippen LogP contribution in [0.25, 0.3) is 0 Å². The number of allylic oxidation sites excluding steroid dienone is 1. The molecule has 0 heterocycles. The highest BCUT2D eigenvalue weighted by atomic mass is 32.1. The molecule has 46 valence electrons. The molecule has 0 aromatic carbocycles. The van der Waals surface area contributed by atoms with E-state index in [9.17, 15) is 0 Å². The zero-order valence-corrected chi connectivity index (χ0v) is 5.15. The molecule has 0 radical (unpaired) electrons. The van der Waals surface area contributed by atoms with Crippen LogP contribution in [0.5, 0.6) is 0 Å². The molecule has 0 bridgehead atoms. The first-order valence-electron chi connectivity index (χ1n) is 1.76. The van der Waals surface area contributed by atoms with Gasteiger partial charge in [-0.3, -0.25) is 4.79 Å². The molecule has 0 fully saturated rings. The van der Waals surface area contributed by atoms with Crippen LogP contribution in [0.1, 0.15) is 0 Å². The van der Waals surface area contributed by atoms with E-state index in [-0.39, 0.29) is 5.11 Å². The van der Waals surface area contributed by atoms with Crippen molar-refractivity contribution in [3.05, 3.63) is 12.7 Å². The summed E-state index contributed by atoms with van der Waals surface area (Å²) in [4.78, 5) is 9.06. The standard InChI is InChI=1S/C3H4O.CH4N2S/c1-2-3-4;2-1(3)4/h2-3H,1H2;(H4,2,3,4). The summed E-state index contributed by atoms with van der Waals surface area (Å²) in [6.07, 6.45) is 1.83. The summed E-state index contributed by atoms with van der Waals surface area (Å²) >= 11 is 4.09. The van der Waals surface area contributed by atoms with E-state index in [2.05, 4.69) is 30.3 Å². The summed E-state index contributed by atoms with van der Waals surface area (Å²) in [6.45, 7) is 3.11. The lowest BCUT2D eigenvalue weighted by Gasteiger charge is -1.68. The molecule has 0 atom stereocenters. The van der Waals surface area contributed by atoms with Crippen LogP contribution in [0, 0.1) is 0 Å². The molecule has 3 nitrogen and oxygen atoms in total. The third-order valence-corrected chi connectivity index (χ3v) is 0.0962. The van der Waals surface area contributed by atoms with E-state index in [0.29, 0.717) is 6.29 Å². The van der Waals surface area contributed by atoms with Gasteiger partial charge in [-0.2, -0.15) is 0 Å². The molecular formula is C4H8N2OS. The number of aldehydes is 1. The van der Waals surface area contributed by atoms with Crippen molar-refractivity contribution in [2.45, 2.75) is 0 Å². The zero-order valence-electron chi connectivity index (χ0n) is 4.33. The van der Waals surface area contributed by atoms with Gasteiger partial charge in [0.2, 0.25) is 0 Å². The van der Waals surface area contributed by atoms with Gasteiger partial charge in [0.05, 0.1) is 0 Å². The number of hydrogen-bond acceptors (Lipinski definition) is 2. The first kappa shape index (κ1) is 10.2. The minimum atomic E-state index is 0.000000000000000222. The molecule has 0 spiro atoms. The quantitative estimate of drug-likeness (QED) is 0.288. The van der Waals surface area contributed by atoms with Gasteiger partial charge < -0.3 is 11.5 Å². The fourth-order valence-corrected chi connectivity index (χ4v) is 0.